The molecule has 1 aromatic rings. The Hall–Kier alpha value is -0.940. The monoisotopic (exact) mass is 232 g/mol. The molecule has 1 unspecified atom stereocenters. The number of halogens is 1. The lowest BCUT2D eigenvalue weighted by Crippen LogP contribution is -2.13. The quantitative estimate of drug-likeness (QED) is 0.746. The first kappa shape index (κ1) is 12.1. The molecule has 1 rings (SSSR count). The molecule has 0 aliphatic carbocycles. The first-order valence-corrected chi connectivity index (χ1v) is 5.93. The van der Waals surface area contributed by atoms with Gasteiger partial charge in [-0.2, -0.15) is 8.42 Å². The SMILES string of the molecule is Cc1ccc(S(=O)(=O)OCC(C)F)cc1. The van der Waals surface area contributed by atoms with E-state index in [1.54, 1.807) is 12.1 Å². The summed E-state index contributed by atoms with van der Waals surface area (Å²) in [5.41, 5.74) is 0.952. The van der Waals surface area contributed by atoms with E-state index in [2.05, 4.69) is 4.18 Å². The highest BCUT2D eigenvalue weighted by Crippen LogP contribution is 2.13. The van der Waals surface area contributed by atoms with E-state index < -0.39 is 22.9 Å². The van der Waals surface area contributed by atoms with Crippen LogP contribution in [-0.2, 0) is 14.3 Å². The molecule has 5 heteroatoms. The molecule has 0 N–H and O–H groups in total. The van der Waals surface area contributed by atoms with Gasteiger partial charge in [-0.25, -0.2) is 4.39 Å². The Kier molecular flexibility index (Phi) is 3.82. The zero-order valence-corrected chi connectivity index (χ0v) is 9.42. The van der Waals surface area contributed by atoms with Crippen LogP contribution in [0.1, 0.15) is 12.5 Å². The Morgan fingerprint density at radius 3 is 2.33 bits per heavy atom. The number of aryl methyl sites for hydroxylation is 1. The molecule has 0 radical (unpaired) electrons. The molecule has 0 saturated carbocycles. The maximum Gasteiger partial charge on any atom is 0.297 e. The predicted octanol–water partition coefficient (Wildman–Crippen LogP) is 2.06. The molecule has 1 aromatic carbocycles. The minimum Gasteiger partial charge on any atom is -0.263 e. The molecular formula is C10H13FO3S. The van der Waals surface area contributed by atoms with Crippen LogP contribution in [-0.4, -0.2) is 21.2 Å². The largest absolute Gasteiger partial charge is 0.297 e. The first-order valence-electron chi connectivity index (χ1n) is 4.52. The van der Waals surface area contributed by atoms with Gasteiger partial charge in [-0.15, -0.1) is 0 Å². The van der Waals surface area contributed by atoms with E-state index >= 15 is 0 Å². The first-order chi connectivity index (χ1) is 6.92. The average molecular weight is 232 g/mol. The smallest absolute Gasteiger partial charge is 0.263 e. The minimum absolute atomic E-state index is 0.0498. The molecule has 0 heterocycles. The lowest BCUT2D eigenvalue weighted by Gasteiger charge is -2.06. The number of rotatable bonds is 4. The number of hydrogen-bond donors (Lipinski definition) is 0. The topological polar surface area (TPSA) is 43.4 Å². The van der Waals surface area contributed by atoms with Gasteiger partial charge in [0.1, 0.15) is 6.17 Å². The zero-order chi connectivity index (χ0) is 11.5. The van der Waals surface area contributed by atoms with Crippen LogP contribution in [0, 0.1) is 6.92 Å². The molecule has 0 aliphatic rings. The van der Waals surface area contributed by atoms with Gasteiger partial charge < -0.3 is 0 Å². The van der Waals surface area contributed by atoms with E-state index in [0.717, 1.165) is 5.56 Å². The van der Waals surface area contributed by atoms with Gasteiger partial charge >= 0.3 is 0 Å². The van der Waals surface area contributed by atoms with Crippen molar-refractivity contribution in [2.45, 2.75) is 24.9 Å². The molecule has 84 valence electrons. The summed E-state index contributed by atoms with van der Waals surface area (Å²) in [7, 11) is -3.81. The van der Waals surface area contributed by atoms with Crippen molar-refractivity contribution in [1.29, 1.82) is 0 Å². The van der Waals surface area contributed by atoms with Crippen molar-refractivity contribution in [3.63, 3.8) is 0 Å². The highest BCUT2D eigenvalue weighted by atomic mass is 32.2. The van der Waals surface area contributed by atoms with Gasteiger partial charge in [0.05, 0.1) is 11.5 Å². The number of benzene rings is 1. The zero-order valence-electron chi connectivity index (χ0n) is 8.60. The van der Waals surface area contributed by atoms with E-state index in [0.29, 0.717) is 0 Å². The van der Waals surface area contributed by atoms with E-state index in [4.69, 9.17) is 0 Å². The highest BCUT2D eigenvalue weighted by molar-refractivity contribution is 7.86. The van der Waals surface area contributed by atoms with E-state index in [-0.39, 0.29) is 4.90 Å². The van der Waals surface area contributed by atoms with Crippen LogP contribution in [0.5, 0.6) is 0 Å². The van der Waals surface area contributed by atoms with Crippen LogP contribution in [0.15, 0.2) is 29.2 Å². The van der Waals surface area contributed by atoms with Crippen molar-refractivity contribution in [3.05, 3.63) is 29.8 Å². The Balaban J connectivity index is 2.82. The van der Waals surface area contributed by atoms with Gasteiger partial charge in [0, 0.05) is 0 Å². The Morgan fingerprint density at radius 1 is 1.33 bits per heavy atom. The standard InChI is InChI=1S/C10H13FO3S/c1-8-3-5-10(6-4-8)15(12,13)14-7-9(2)11/h3-6,9H,7H2,1-2H3. The molecule has 0 aromatic heterocycles. The van der Waals surface area contributed by atoms with Crippen molar-refractivity contribution < 1.29 is 17.0 Å². The third-order valence-corrected chi connectivity index (χ3v) is 3.06. The summed E-state index contributed by atoms with van der Waals surface area (Å²) in [4.78, 5) is 0.0498. The summed E-state index contributed by atoms with van der Waals surface area (Å²) in [6, 6.07) is 6.20. The Morgan fingerprint density at radius 2 is 1.87 bits per heavy atom. The van der Waals surface area contributed by atoms with Gasteiger partial charge in [-0.05, 0) is 26.0 Å². The van der Waals surface area contributed by atoms with Crippen molar-refractivity contribution in [3.8, 4) is 0 Å². The normalized spacial score (nSPS) is 13.8. The fourth-order valence-corrected chi connectivity index (χ4v) is 1.93. The van der Waals surface area contributed by atoms with Crippen LogP contribution in [0.25, 0.3) is 0 Å². The Labute approximate surface area is 89.0 Å². The summed E-state index contributed by atoms with van der Waals surface area (Å²) in [5, 5.41) is 0. The summed E-state index contributed by atoms with van der Waals surface area (Å²) in [5.74, 6) is 0. The van der Waals surface area contributed by atoms with Crippen molar-refractivity contribution in [2.24, 2.45) is 0 Å². The van der Waals surface area contributed by atoms with Crippen molar-refractivity contribution in [1.82, 2.24) is 0 Å². The lowest BCUT2D eigenvalue weighted by atomic mass is 10.2. The lowest BCUT2D eigenvalue weighted by molar-refractivity contribution is 0.214. The second kappa shape index (κ2) is 4.72. The second-order valence-corrected chi connectivity index (χ2v) is 4.95. The third-order valence-electron chi connectivity index (χ3n) is 1.76. The molecular weight excluding hydrogens is 219 g/mol. The molecule has 0 fully saturated rings. The van der Waals surface area contributed by atoms with Gasteiger partial charge in [0.15, 0.2) is 0 Å². The van der Waals surface area contributed by atoms with Crippen LogP contribution in [0.4, 0.5) is 4.39 Å². The molecule has 0 aliphatic heterocycles. The summed E-state index contributed by atoms with van der Waals surface area (Å²) >= 11 is 0. The molecule has 0 saturated heterocycles. The molecule has 15 heavy (non-hydrogen) atoms. The molecule has 0 amide bonds. The van der Waals surface area contributed by atoms with E-state index in [1.807, 2.05) is 6.92 Å². The van der Waals surface area contributed by atoms with Gasteiger partial charge in [-0.1, -0.05) is 17.7 Å². The van der Waals surface area contributed by atoms with E-state index in [1.165, 1.54) is 19.1 Å². The maximum absolute atomic E-state index is 12.4. The average Bonchev–Trinajstić information content (AvgIpc) is 2.16. The molecule has 0 spiro atoms. The maximum atomic E-state index is 12.4. The molecule has 0 bridgehead atoms. The Bertz CT molecular complexity index is 409. The fourth-order valence-electron chi connectivity index (χ4n) is 0.956. The van der Waals surface area contributed by atoms with Gasteiger partial charge in [0.25, 0.3) is 10.1 Å². The summed E-state index contributed by atoms with van der Waals surface area (Å²) < 4.78 is 39.9. The highest BCUT2D eigenvalue weighted by Gasteiger charge is 2.15. The van der Waals surface area contributed by atoms with Gasteiger partial charge in [0.2, 0.25) is 0 Å². The van der Waals surface area contributed by atoms with Crippen LogP contribution in [0.2, 0.25) is 0 Å². The second-order valence-electron chi connectivity index (χ2n) is 3.33. The fraction of sp³-hybridized carbons (Fsp3) is 0.400. The number of hydrogen-bond acceptors (Lipinski definition) is 3. The molecule has 1 atom stereocenters. The van der Waals surface area contributed by atoms with Crippen molar-refractivity contribution >= 4 is 10.1 Å². The third kappa shape index (κ3) is 3.60. The predicted molar refractivity (Wildman–Crippen MR) is 54.9 cm³/mol. The molecule has 3 nitrogen and oxygen atoms in total. The summed E-state index contributed by atoms with van der Waals surface area (Å²) in [6.45, 7) is 2.64. The summed E-state index contributed by atoms with van der Waals surface area (Å²) in [6.07, 6.45) is -1.30. The van der Waals surface area contributed by atoms with Crippen molar-refractivity contribution in [2.75, 3.05) is 6.61 Å². The van der Waals surface area contributed by atoms with Crippen LogP contribution in [0.3, 0.4) is 0 Å². The van der Waals surface area contributed by atoms with E-state index in [9.17, 15) is 12.8 Å². The van der Waals surface area contributed by atoms with Crippen LogP contribution >= 0.6 is 0 Å². The minimum atomic E-state index is -3.81. The van der Waals surface area contributed by atoms with Gasteiger partial charge in [-0.3, -0.25) is 4.18 Å². The number of alkyl halides is 1. The van der Waals surface area contributed by atoms with Crippen LogP contribution < -0.4 is 0 Å².